The zero-order valence-electron chi connectivity index (χ0n) is 11.2. The molecule has 2 unspecified atom stereocenters. The van der Waals surface area contributed by atoms with Gasteiger partial charge in [-0.3, -0.25) is 4.79 Å². The summed E-state index contributed by atoms with van der Waals surface area (Å²) in [5, 5.41) is 6.43. The molecule has 18 heavy (non-hydrogen) atoms. The Kier molecular flexibility index (Phi) is 4.37. The average Bonchev–Trinajstić information content (AvgIpc) is 2.38. The van der Waals surface area contributed by atoms with Crippen LogP contribution in [0, 0.1) is 0 Å². The number of hydrogen-bond donors (Lipinski definition) is 2. The van der Waals surface area contributed by atoms with Gasteiger partial charge in [-0.25, -0.2) is 0 Å². The van der Waals surface area contributed by atoms with E-state index >= 15 is 0 Å². The van der Waals surface area contributed by atoms with Gasteiger partial charge in [0.05, 0.1) is 5.92 Å². The van der Waals surface area contributed by atoms with E-state index in [2.05, 4.69) is 36.6 Å². The van der Waals surface area contributed by atoms with E-state index < -0.39 is 0 Å². The first-order valence-electron chi connectivity index (χ1n) is 6.81. The number of rotatable bonds is 4. The van der Waals surface area contributed by atoms with Gasteiger partial charge in [-0.2, -0.15) is 0 Å². The molecule has 2 rings (SSSR count). The average molecular weight is 246 g/mol. The molecular formula is C15H22N2O. The van der Waals surface area contributed by atoms with Gasteiger partial charge in [-0.15, -0.1) is 0 Å². The van der Waals surface area contributed by atoms with E-state index in [0.717, 1.165) is 25.9 Å². The number of carbonyl (C=O) groups is 1. The maximum absolute atomic E-state index is 12.3. The molecule has 1 aliphatic rings. The van der Waals surface area contributed by atoms with Crippen LogP contribution in [0.5, 0.6) is 0 Å². The Hall–Kier alpha value is -1.35. The smallest absolute Gasteiger partial charge is 0.229 e. The monoisotopic (exact) mass is 246 g/mol. The molecule has 0 fully saturated rings. The number of hydrogen-bond acceptors (Lipinski definition) is 2. The van der Waals surface area contributed by atoms with Crippen molar-refractivity contribution in [3.8, 4) is 0 Å². The highest BCUT2D eigenvalue weighted by atomic mass is 16.2. The zero-order chi connectivity index (χ0) is 13.0. The summed E-state index contributed by atoms with van der Waals surface area (Å²) in [6.45, 7) is 5.82. The summed E-state index contributed by atoms with van der Waals surface area (Å²) in [6.07, 6.45) is 2.13. The summed E-state index contributed by atoms with van der Waals surface area (Å²) in [4.78, 5) is 12.3. The summed E-state index contributed by atoms with van der Waals surface area (Å²) >= 11 is 0. The lowest BCUT2D eigenvalue weighted by molar-refractivity contribution is -0.123. The molecule has 0 spiro atoms. The fraction of sp³-hybridized carbons (Fsp3) is 0.533. The third-order valence-corrected chi connectivity index (χ3v) is 3.52. The first kappa shape index (κ1) is 13.1. The van der Waals surface area contributed by atoms with Crippen molar-refractivity contribution < 1.29 is 4.79 Å². The second kappa shape index (κ2) is 6.01. The molecule has 1 aromatic carbocycles. The molecule has 2 N–H and O–H groups in total. The van der Waals surface area contributed by atoms with Crippen LogP contribution < -0.4 is 10.6 Å². The van der Waals surface area contributed by atoms with Gasteiger partial charge in [0.1, 0.15) is 0 Å². The van der Waals surface area contributed by atoms with Gasteiger partial charge in [0.15, 0.2) is 0 Å². The lowest BCUT2D eigenvalue weighted by Gasteiger charge is -2.26. The van der Waals surface area contributed by atoms with Gasteiger partial charge < -0.3 is 10.6 Å². The van der Waals surface area contributed by atoms with Crippen molar-refractivity contribution in [3.63, 3.8) is 0 Å². The number of amides is 1. The predicted octanol–water partition coefficient (Wildman–Crippen LogP) is 2.18. The Morgan fingerprint density at radius 3 is 3.06 bits per heavy atom. The van der Waals surface area contributed by atoms with Gasteiger partial charge >= 0.3 is 0 Å². The summed E-state index contributed by atoms with van der Waals surface area (Å²) in [5.41, 5.74) is 2.42. The number of nitrogens with one attached hydrogen (secondary N) is 2. The molecule has 2 atom stereocenters. The summed E-state index contributed by atoms with van der Waals surface area (Å²) < 4.78 is 0. The standard InChI is InChI=1S/C15H22N2O/c1-3-6-11(2)17-15(18)14-10-16-9-12-7-4-5-8-13(12)14/h4-5,7-8,11,14,16H,3,6,9-10H2,1-2H3,(H,17,18). The van der Waals surface area contributed by atoms with Crippen molar-refractivity contribution in [1.29, 1.82) is 0 Å². The first-order valence-corrected chi connectivity index (χ1v) is 6.81. The van der Waals surface area contributed by atoms with Crippen LogP contribution in [0.2, 0.25) is 0 Å². The fourth-order valence-electron chi connectivity index (χ4n) is 2.58. The van der Waals surface area contributed by atoms with Gasteiger partial charge in [0.2, 0.25) is 5.91 Å². The summed E-state index contributed by atoms with van der Waals surface area (Å²) in [7, 11) is 0. The molecule has 1 amide bonds. The second-order valence-corrected chi connectivity index (χ2v) is 5.08. The van der Waals surface area contributed by atoms with Crippen LogP contribution in [0.3, 0.4) is 0 Å². The van der Waals surface area contributed by atoms with Crippen LogP contribution in [-0.2, 0) is 11.3 Å². The maximum atomic E-state index is 12.3. The van der Waals surface area contributed by atoms with Gasteiger partial charge in [-0.1, -0.05) is 37.6 Å². The Morgan fingerprint density at radius 2 is 2.28 bits per heavy atom. The predicted molar refractivity (Wildman–Crippen MR) is 73.4 cm³/mol. The lowest BCUT2D eigenvalue weighted by Crippen LogP contribution is -2.42. The number of fused-ring (bicyclic) bond motifs is 1. The molecule has 0 radical (unpaired) electrons. The maximum Gasteiger partial charge on any atom is 0.229 e. The normalized spacial score (nSPS) is 20.0. The summed E-state index contributed by atoms with van der Waals surface area (Å²) in [6, 6.07) is 8.47. The topological polar surface area (TPSA) is 41.1 Å². The highest BCUT2D eigenvalue weighted by Gasteiger charge is 2.26. The molecule has 0 saturated carbocycles. The Labute approximate surface area is 109 Å². The van der Waals surface area contributed by atoms with E-state index in [1.807, 2.05) is 12.1 Å². The molecule has 1 aromatic rings. The Morgan fingerprint density at radius 1 is 1.50 bits per heavy atom. The second-order valence-electron chi connectivity index (χ2n) is 5.08. The fourth-order valence-corrected chi connectivity index (χ4v) is 2.58. The molecule has 1 heterocycles. The highest BCUT2D eigenvalue weighted by molar-refractivity contribution is 5.84. The Balaban J connectivity index is 2.08. The molecule has 0 aromatic heterocycles. The zero-order valence-corrected chi connectivity index (χ0v) is 11.2. The minimum atomic E-state index is -0.0470. The van der Waals surface area contributed by atoms with E-state index in [1.165, 1.54) is 11.1 Å². The van der Waals surface area contributed by atoms with Gasteiger partial charge in [0.25, 0.3) is 0 Å². The highest BCUT2D eigenvalue weighted by Crippen LogP contribution is 2.24. The van der Waals surface area contributed by atoms with Crippen LogP contribution >= 0.6 is 0 Å². The molecule has 98 valence electrons. The van der Waals surface area contributed by atoms with Crippen LogP contribution in [-0.4, -0.2) is 18.5 Å². The van der Waals surface area contributed by atoms with Crippen molar-refractivity contribution in [2.75, 3.05) is 6.54 Å². The van der Waals surface area contributed by atoms with E-state index in [0.29, 0.717) is 0 Å². The third kappa shape index (κ3) is 2.91. The van der Waals surface area contributed by atoms with Crippen molar-refractivity contribution in [2.45, 2.75) is 45.2 Å². The molecule has 3 heteroatoms. The van der Waals surface area contributed by atoms with Crippen LogP contribution in [0.15, 0.2) is 24.3 Å². The Bertz CT molecular complexity index is 417. The third-order valence-electron chi connectivity index (χ3n) is 3.52. The minimum absolute atomic E-state index is 0.0470. The summed E-state index contributed by atoms with van der Waals surface area (Å²) in [5.74, 6) is 0.102. The van der Waals surface area contributed by atoms with Gasteiger partial charge in [-0.05, 0) is 24.5 Å². The SMILES string of the molecule is CCCC(C)NC(=O)C1CNCc2ccccc21. The molecule has 3 nitrogen and oxygen atoms in total. The van der Waals surface area contributed by atoms with E-state index in [9.17, 15) is 4.79 Å². The molecule has 0 aliphatic carbocycles. The van der Waals surface area contributed by atoms with E-state index in [-0.39, 0.29) is 17.9 Å². The van der Waals surface area contributed by atoms with Crippen molar-refractivity contribution in [2.24, 2.45) is 0 Å². The largest absolute Gasteiger partial charge is 0.353 e. The van der Waals surface area contributed by atoms with Crippen molar-refractivity contribution >= 4 is 5.91 Å². The minimum Gasteiger partial charge on any atom is -0.353 e. The van der Waals surface area contributed by atoms with Crippen molar-refractivity contribution in [1.82, 2.24) is 10.6 Å². The van der Waals surface area contributed by atoms with Crippen molar-refractivity contribution in [3.05, 3.63) is 35.4 Å². The quantitative estimate of drug-likeness (QED) is 0.855. The number of benzene rings is 1. The molecule has 1 aliphatic heterocycles. The van der Waals surface area contributed by atoms with Crippen LogP contribution in [0.1, 0.15) is 43.7 Å². The van der Waals surface area contributed by atoms with E-state index in [1.54, 1.807) is 0 Å². The number of carbonyl (C=O) groups excluding carboxylic acids is 1. The van der Waals surface area contributed by atoms with Crippen LogP contribution in [0.25, 0.3) is 0 Å². The molecular weight excluding hydrogens is 224 g/mol. The molecule has 0 saturated heterocycles. The van der Waals surface area contributed by atoms with E-state index in [4.69, 9.17) is 0 Å². The van der Waals surface area contributed by atoms with Crippen LogP contribution in [0.4, 0.5) is 0 Å². The lowest BCUT2D eigenvalue weighted by atomic mass is 9.90. The molecule has 0 bridgehead atoms. The van der Waals surface area contributed by atoms with Gasteiger partial charge in [0, 0.05) is 19.1 Å². The first-order chi connectivity index (χ1) is 8.72.